The summed E-state index contributed by atoms with van der Waals surface area (Å²) >= 11 is 0. The van der Waals surface area contributed by atoms with E-state index in [2.05, 4.69) is 28.9 Å². The van der Waals surface area contributed by atoms with Gasteiger partial charge in [0.1, 0.15) is 5.75 Å². The molecule has 4 rings (SSSR count). The Bertz CT molecular complexity index is 1090. The zero-order valence-electron chi connectivity index (χ0n) is 19.5. The summed E-state index contributed by atoms with van der Waals surface area (Å²) in [5, 5.41) is 10.5. The third-order valence-electron chi connectivity index (χ3n) is 6.54. The number of H-pyrrole nitrogens is 1. The van der Waals surface area contributed by atoms with Gasteiger partial charge in [-0.15, -0.1) is 0 Å². The maximum absolute atomic E-state index is 11.3. The topological polar surface area (TPSA) is 84.0 Å². The fraction of sp³-hybridized carbons (Fsp3) is 0.423. The van der Waals surface area contributed by atoms with Crippen LogP contribution < -0.4 is 4.74 Å². The smallest absolute Gasteiger partial charge is 0.335 e. The van der Waals surface area contributed by atoms with Crippen LogP contribution in [-0.4, -0.2) is 61.0 Å². The minimum atomic E-state index is -0.915. The number of aromatic nitrogens is 1. The first-order valence-electron chi connectivity index (χ1n) is 11.3. The predicted molar refractivity (Wildman–Crippen MR) is 127 cm³/mol. The van der Waals surface area contributed by atoms with E-state index in [0.717, 1.165) is 53.9 Å². The normalized spacial score (nSPS) is 19.1. The van der Waals surface area contributed by atoms with E-state index >= 15 is 0 Å². The van der Waals surface area contributed by atoms with Gasteiger partial charge in [-0.05, 0) is 55.2 Å². The van der Waals surface area contributed by atoms with E-state index in [4.69, 9.17) is 14.2 Å². The van der Waals surface area contributed by atoms with E-state index in [1.165, 1.54) is 5.39 Å². The van der Waals surface area contributed by atoms with Gasteiger partial charge < -0.3 is 24.3 Å². The maximum atomic E-state index is 11.3. The molecule has 7 heteroatoms. The zero-order valence-corrected chi connectivity index (χ0v) is 19.5. The summed E-state index contributed by atoms with van der Waals surface area (Å²) < 4.78 is 17.0. The van der Waals surface area contributed by atoms with E-state index in [0.29, 0.717) is 18.8 Å². The van der Waals surface area contributed by atoms with Gasteiger partial charge in [-0.3, -0.25) is 4.90 Å². The van der Waals surface area contributed by atoms with Crippen LogP contribution in [0.2, 0.25) is 0 Å². The molecule has 2 N–H and O–H groups in total. The lowest BCUT2D eigenvalue weighted by Crippen LogP contribution is -2.39. The van der Waals surface area contributed by atoms with Crippen LogP contribution in [0.25, 0.3) is 10.9 Å². The molecule has 3 aromatic rings. The highest BCUT2D eigenvalue weighted by Crippen LogP contribution is 2.37. The van der Waals surface area contributed by atoms with E-state index in [1.807, 2.05) is 18.3 Å². The molecule has 33 heavy (non-hydrogen) atoms. The number of aryl methyl sites for hydroxylation is 1. The Morgan fingerprint density at radius 2 is 1.97 bits per heavy atom. The molecular weight excluding hydrogens is 420 g/mol. The Hall–Kier alpha value is -2.87. The molecule has 7 nitrogen and oxygen atoms in total. The number of benzene rings is 2. The molecule has 0 aliphatic carbocycles. The van der Waals surface area contributed by atoms with E-state index in [1.54, 1.807) is 26.4 Å². The number of nitrogens with one attached hydrogen (secondary N) is 1. The van der Waals surface area contributed by atoms with Gasteiger partial charge in [-0.1, -0.05) is 12.1 Å². The van der Waals surface area contributed by atoms with Crippen molar-refractivity contribution in [3.05, 3.63) is 64.8 Å². The Morgan fingerprint density at radius 3 is 2.67 bits per heavy atom. The molecule has 2 unspecified atom stereocenters. The lowest BCUT2D eigenvalue weighted by atomic mass is 9.91. The zero-order chi connectivity index (χ0) is 23.4. The fourth-order valence-corrected chi connectivity index (χ4v) is 4.80. The van der Waals surface area contributed by atoms with E-state index in [9.17, 15) is 9.90 Å². The number of aromatic amines is 1. The molecule has 0 bridgehead atoms. The summed E-state index contributed by atoms with van der Waals surface area (Å²) in [6, 6.07) is 11.5. The summed E-state index contributed by atoms with van der Waals surface area (Å²) in [7, 11) is 3.39. The number of carboxylic acid groups (broad SMARTS) is 1. The average molecular weight is 453 g/mol. The Kier molecular flexibility index (Phi) is 7.33. The van der Waals surface area contributed by atoms with Crippen molar-refractivity contribution in [2.75, 3.05) is 34.0 Å². The molecule has 176 valence electrons. The summed E-state index contributed by atoms with van der Waals surface area (Å²) in [5.41, 5.74) is 4.83. The van der Waals surface area contributed by atoms with Gasteiger partial charge in [-0.2, -0.15) is 0 Å². The van der Waals surface area contributed by atoms with Crippen LogP contribution in [0.3, 0.4) is 0 Å². The average Bonchev–Trinajstić information content (AvgIpc) is 3.32. The number of likely N-dealkylation sites (tertiary alicyclic amines) is 1. The molecule has 0 amide bonds. The van der Waals surface area contributed by atoms with Crippen molar-refractivity contribution in [1.82, 2.24) is 9.88 Å². The molecule has 0 radical (unpaired) electrons. The molecule has 0 saturated carbocycles. The number of methoxy groups -OCH3 is 2. The number of nitrogens with zero attached hydrogens (tertiary/aromatic N) is 1. The van der Waals surface area contributed by atoms with E-state index < -0.39 is 5.97 Å². The van der Waals surface area contributed by atoms with Crippen LogP contribution in [0, 0.1) is 6.92 Å². The molecule has 2 aromatic carbocycles. The van der Waals surface area contributed by atoms with Crippen molar-refractivity contribution in [1.29, 1.82) is 0 Å². The van der Waals surface area contributed by atoms with E-state index in [-0.39, 0.29) is 12.1 Å². The van der Waals surface area contributed by atoms with Crippen LogP contribution in [0.4, 0.5) is 0 Å². The standard InChI is InChI=1S/C26H32N2O5/c1-17-14-24(32-3)22(21-8-10-27-25(17)21)16-28-11-9-20(33-13-12-31-2)15-23(28)18-4-6-19(7-5-18)26(29)30/h4-8,10,14,20,23,27H,9,11-13,15-16H2,1-3H3,(H,29,30). The van der Waals surface area contributed by atoms with Crippen molar-refractivity contribution in [2.45, 2.75) is 38.5 Å². The van der Waals surface area contributed by atoms with Gasteiger partial charge >= 0.3 is 5.97 Å². The first kappa shape index (κ1) is 23.3. The number of aromatic carboxylic acids is 1. The summed E-state index contributed by atoms with van der Waals surface area (Å²) in [6.45, 7) is 4.83. The summed E-state index contributed by atoms with van der Waals surface area (Å²) in [5.74, 6) is -0.0277. The second-order valence-electron chi connectivity index (χ2n) is 8.56. The number of hydrogen-bond donors (Lipinski definition) is 2. The predicted octanol–water partition coefficient (Wildman–Crippen LogP) is 4.55. The van der Waals surface area contributed by atoms with Crippen molar-refractivity contribution >= 4 is 16.9 Å². The number of rotatable bonds is 9. The van der Waals surface area contributed by atoms with Gasteiger partial charge in [0, 0.05) is 48.9 Å². The molecule has 1 aliphatic heterocycles. The highest BCUT2D eigenvalue weighted by atomic mass is 16.5. The largest absolute Gasteiger partial charge is 0.496 e. The fourth-order valence-electron chi connectivity index (χ4n) is 4.80. The summed E-state index contributed by atoms with van der Waals surface area (Å²) in [4.78, 5) is 17.1. The minimum Gasteiger partial charge on any atom is -0.496 e. The first-order valence-corrected chi connectivity index (χ1v) is 11.3. The van der Waals surface area contributed by atoms with Crippen molar-refractivity contribution in [3.63, 3.8) is 0 Å². The SMILES string of the molecule is COCCOC1CCN(Cc2c(OC)cc(C)c3[nH]ccc23)C(c2ccc(C(=O)O)cc2)C1. The maximum Gasteiger partial charge on any atom is 0.335 e. The second-order valence-corrected chi connectivity index (χ2v) is 8.56. The van der Waals surface area contributed by atoms with Gasteiger partial charge in [0.05, 0.1) is 32.0 Å². The van der Waals surface area contributed by atoms with Crippen LogP contribution in [0.5, 0.6) is 5.75 Å². The van der Waals surface area contributed by atoms with Gasteiger partial charge in [-0.25, -0.2) is 4.79 Å². The van der Waals surface area contributed by atoms with Crippen molar-refractivity contribution in [3.8, 4) is 5.75 Å². The number of carboxylic acids is 1. The first-order chi connectivity index (χ1) is 16.0. The highest BCUT2D eigenvalue weighted by Gasteiger charge is 2.31. The van der Waals surface area contributed by atoms with Crippen molar-refractivity contribution in [2.24, 2.45) is 0 Å². The summed E-state index contributed by atoms with van der Waals surface area (Å²) in [6.07, 6.45) is 3.87. The quantitative estimate of drug-likeness (QED) is 0.464. The highest BCUT2D eigenvalue weighted by molar-refractivity contribution is 5.88. The molecule has 1 aliphatic rings. The molecule has 2 heterocycles. The number of fused-ring (bicyclic) bond motifs is 1. The molecule has 1 fully saturated rings. The number of piperidine rings is 1. The molecule has 2 atom stereocenters. The molecule has 0 spiro atoms. The molecule has 1 aromatic heterocycles. The third kappa shape index (κ3) is 5.05. The van der Waals surface area contributed by atoms with Gasteiger partial charge in [0.2, 0.25) is 0 Å². The lowest BCUT2D eigenvalue weighted by molar-refractivity contribution is -0.0349. The molecular formula is C26H32N2O5. The lowest BCUT2D eigenvalue weighted by Gasteiger charge is -2.40. The van der Waals surface area contributed by atoms with Crippen LogP contribution in [-0.2, 0) is 16.0 Å². The van der Waals surface area contributed by atoms with Gasteiger partial charge in [0.25, 0.3) is 0 Å². The minimum absolute atomic E-state index is 0.106. The van der Waals surface area contributed by atoms with Gasteiger partial charge in [0.15, 0.2) is 0 Å². The number of hydrogen-bond acceptors (Lipinski definition) is 5. The Labute approximate surface area is 194 Å². The van der Waals surface area contributed by atoms with Crippen LogP contribution >= 0.6 is 0 Å². The second kappa shape index (κ2) is 10.4. The molecule has 1 saturated heterocycles. The van der Waals surface area contributed by atoms with Crippen LogP contribution in [0.1, 0.15) is 45.9 Å². The monoisotopic (exact) mass is 452 g/mol. The third-order valence-corrected chi connectivity index (χ3v) is 6.54. The Morgan fingerprint density at radius 1 is 1.18 bits per heavy atom. The van der Waals surface area contributed by atoms with Crippen LogP contribution in [0.15, 0.2) is 42.6 Å². The Balaban J connectivity index is 1.64. The van der Waals surface area contributed by atoms with Crippen molar-refractivity contribution < 1.29 is 24.1 Å². The number of carbonyl (C=O) groups is 1. The number of ether oxygens (including phenoxy) is 3.